The molecule has 0 amide bonds. The van der Waals surface area contributed by atoms with Gasteiger partial charge in [0.15, 0.2) is 0 Å². The van der Waals surface area contributed by atoms with Crippen molar-refractivity contribution in [3.05, 3.63) is 29.8 Å². The van der Waals surface area contributed by atoms with Gasteiger partial charge < -0.3 is 14.6 Å². The maximum Gasteiger partial charge on any atom is 0.124 e. The van der Waals surface area contributed by atoms with Crippen molar-refractivity contribution in [3.8, 4) is 5.75 Å². The van der Waals surface area contributed by atoms with Gasteiger partial charge in [0.1, 0.15) is 11.9 Å². The number of benzene rings is 1. The average molecular weight is 236 g/mol. The van der Waals surface area contributed by atoms with Crippen molar-refractivity contribution in [2.45, 2.75) is 44.5 Å². The molecule has 1 N–H and O–H groups in total. The third kappa shape index (κ3) is 3.45. The third-order valence-corrected chi connectivity index (χ3v) is 3.16. The van der Waals surface area contributed by atoms with Crippen LogP contribution in [0.3, 0.4) is 0 Å². The predicted octanol–water partition coefficient (Wildman–Crippen LogP) is 2.52. The van der Waals surface area contributed by atoms with Gasteiger partial charge in [0.05, 0.1) is 12.7 Å². The van der Waals surface area contributed by atoms with E-state index in [9.17, 15) is 5.11 Å². The highest BCUT2D eigenvalue weighted by Crippen LogP contribution is 2.24. The Morgan fingerprint density at radius 3 is 2.88 bits per heavy atom. The molecule has 1 aromatic rings. The highest BCUT2D eigenvalue weighted by atomic mass is 16.5. The number of hydrogen-bond donors (Lipinski definition) is 1. The minimum Gasteiger partial charge on any atom is -0.488 e. The van der Waals surface area contributed by atoms with Crippen molar-refractivity contribution in [1.82, 2.24) is 0 Å². The minimum absolute atomic E-state index is 0.0541. The van der Waals surface area contributed by atoms with Gasteiger partial charge in [0, 0.05) is 7.11 Å². The van der Waals surface area contributed by atoms with E-state index in [1.165, 1.54) is 0 Å². The van der Waals surface area contributed by atoms with Gasteiger partial charge in [0.25, 0.3) is 0 Å². The van der Waals surface area contributed by atoms with Crippen LogP contribution >= 0.6 is 0 Å². The van der Waals surface area contributed by atoms with Crippen molar-refractivity contribution < 1.29 is 14.6 Å². The highest BCUT2D eigenvalue weighted by Gasteiger charge is 2.24. The van der Waals surface area contributed by atoms with Crippen LogP contribution in [0, 0.1) is 0 Å². The summed E-state index contributed by atoms with van der Waals surface area (Å²) in [5, 5.41) is 9.85. The summed E-state index contributed by atoms with van der Waals surface area (Å²) in [6.45, 7) is 0.588. The zero-order valence-electron chi connectivity index (χ0n) is 10.3. The molecule has 17 heavy (non-hydrogen) atoms. The largest absolute Gasteiger partial charge is 0.488 e. The Morgan fingerprint density at radius 2 is 2.12 bits per heavy atom. The third-order valence-electron chi connectivity index (χ3n) is 3.16. The lowest BCUT2D eigenvalue weighted by molar-refractivity contribution is 0.00678. The summed E-state index contributed by atoms with van der Waals surface area (Å²) < 4.78 is 10.9. The van der Waals surface area contributed by atoms with Crippen LogP contribution < -0.4 is 4.74 Å². The molecule has 0 heterocycles. The van der Waals surface area contributed by atoms with E-state index < -0.39 is 0 Å². The fourth-order valence-electron chi connectivity index (χ4n) is 2.26. The van der Waals surface area contributed by atoms with Crippen molar-refractivity contribution in [1.29, 1.82) is 0 Å². The van der Waals surface area contributed by atoms with Crippen LogP contribution in [0.1, 0.15) is 31.2 Å². The summed E-state index contributed by atoms with van der Waals surface area (Å²) in [5.41, 5.74) is 1.09. The monoisotopic (exact) mass is 236 g/mol. The molecule has 3 heteroatoms. The van der Waals surface area contributed by atoms with Crippen molar-refractivity contribution >= 4 is 0 Å². The second-order valence-electron chi connectivity index (χ2n) is 4.59. The lowest BCUT2D eigenvalue weighted by Crippen LogP contribution is -2.34. The lowest BCUT2D eigenvalue weighted by atomic mass is 9.95. The molecular weight excluding hydrogens is 216 g/mol. The number of rotatable bonds is 4. The maximum absolute atomic E-state index is 9.85. The number of aliphatic hydroxyl groups is 1. The van der Waals surface area contributed by atoms with Crippen molar-refractivity contribution in [2.75, 3.05) is 7.11 Å². The molecule has 0 bridgehead atoms. The van der Waals surface area contributed by atoms with E-state index in [2.05, 4.69) is 0 Å². The Labute approximate surface area is 102 Å². The summed E-state index contributed by atoms with van der Waals surface area (Å²) in [4.78, 5) is 0. The van der Waals surface area contributed by atoms with Gasteiger partial charge in [-0.25, -0.2) is 0 Å². The maximum atomic E-state index is 9.85. The fraction of sp³-hybridized carbons (Fsp3) is 0.571. The first-order chi connectivity index (χ1) is 8.29. The topological polar surface area (TPSA) is 38.7 Å². The molecule has 3 nitrogen and oxygen atoms in total. The Morgan fingerprint density at radius 1 is 1.29 bits per heavy atom. The zero-order valence-corrected chi connectivity index (χ0v) is 10.3. The summed E-state index contributed by atoms with van der Waals surface area (Å²) in [5.74, 6) is 0.825. The van der Waals surface area contributed by atoms with Gasteiger partial charge in [0.2, 0.25) is 0 Å². The van der Waals surface area contributed by atoms with Crippen LogP contribution in [-0.2, 0) is 11.3 Å². The summed E-state index contributed by atoms with van der Waals surface area (Å²) >= 11 is 0. The second kappa shape index (κ2) is 6.03. The van der Waals surface area contributed by atoms with E-state index in [4.69, 9.17) is 9.47 Å². The number of ether oxygens (including phenoxy) is 2. The molecule has 0 radical (unpaired) electrons. The molecule has 1 aromatic carbocycles. The van der Waals surface area contributed by atoms with E-state index in [0.717, 1.165) is 37.0 Å². The van der Waals surface area contributed by atoms with Crippen LogP contribution in [0.25, 0.3) is 0 Å². The zero-order chi connectivity index (χ0) is 12.1. The highest BCUT2D eigenvalue weighted by molar-refractivity contribution is 5.28. The van der Waals surface area contributed by atoms with E-state index in [-0.39, 0.29) is 12.2 Å². The van der Waals surface area contributed by atoms with Crippen LogP contribution in [0.4, 0.5) is 0 Å². The standard InChI is InChI=1S/C14H20O3/c1-16-10-11-5-4-6-12(9-11)17-14-8-3-2-7-13(14)15/h4-6,9,13-15H,2-3,7-8,10H2,1H3/t13-,14-/m1/s1. The molecule has 0 aliphatic heterocycles. The molecule has 94 valence electrons. The van der Waals surface area contributed by atoms with E-state index in [0.29, 0.717) is 6.61 Å². The van der Waals surface area contributed by atoms with Gasteiger partial charge in [-0.05, 0) is 37.0 Å². The molecule has 2 atom stereocenters. The molecule has 1 aliphatic carbocycles. The smallest absolute Gasteiger partial charge is 0.124 e. The Balaban J connectivity index is 1.99. The van der Waals surface area contributed by atoms with Crippen LogP contribution in [0.5, 0.6) is 5.75 Å². The van der Waals surface area contributed by atoms with Gasteiger partial charge >= 0.3 is 0 Å². The van der Waals surface area contributed by atoms with Crippen molar-refractivity contribution in [2.24, 2.45) is 0 Å². The normalized spacial score (nSPS) is 24.6. The quantitative estimate of drug-likeness (QED) is 0.873. The molecule has 1 aliphatic rings. The summed E-state index contributed by atoms with van der Waals surface area (Å²) in [6, 6.07) is 7.87. The Bertz CT molecular complexity index is 351. The van der Waals surface area contributed by atoms with E-state index in [1.807, 2.05) is 24.3 Å². The summed E-state index contributed by atoms with van der Waals surface area (Å²) in [6.07, 6.45) is 3.65. The molecular formula is C14H20O3. The van der Waals surface area contributed by atoms with Gasteiger partial charge in [-0.3, -0.25) is 0 Å². The first kappa shape index (κ1) is 12.4. The van der Waals surface area contributed by atoms with Crippen LogP contribution in [-0.4, -0.2) is 24.4 Å². The number of hydrogen-bond acceptors (Lipinski definition) is 3. The molecule has 0 unspecified atom stereocenters. The lowest BCUT2D eigenvalue weighted by Gasteiger charge is -2.28. The SMILES string of the molecule is COCc1cccc(O[C@@H]2CCCC[C@H]2O)c1. The van der Waals surface area contributed by atoms with Gasteiger partial charge in [-0.1, -0.05) is 18.6 Å². The molecule has 0 aromatic heterocycles. The van der Waals surface area contributed by atoms with Crippen molar-refractivity contribution in [3.63, 3.8) is 0 Å². The molecule has 2 rings (SSSR count). The van der Waals surface area contributed by atoms with Crippen LogP contribution in [0.2, 0.25) is 0 Å². The van der Waals surface area contributed by atoms with E-state index in [1.54, 1.807) is 7.11 Å². The van der Waals surface area contributed by atoms with Gasteiger partial charge in [-0.15, -0.1) is 0 Å². The number of aliphatic hydroxyl groups excluding tert-OH is 1. The van der Waals surface area contributed by atoms with Crippen LogP contribution in [0.15, 0.2) is 24.3 Å². The predicted molar refractivity (Wildman–Crippen MR) is 66.0 cm³/mol. The first-order valence-corrected chi connectivity index (χ1v) is 6.22. The summed E-state index contributed by atoms with van der Waals surface area (Å²) in [7, 11) is 1.68. The Kier molecular flexibility index (Phi) is 4.40. The number of methoxy groups -OCH3 is 1. The second-order valence-corrected chi connectivity index (χ2v) is 4.59. The average Bonchev–Trinajstić information content (AvgIpc) is 2.33. The molecule has 1 saturated carbocycles. The molecule has 1 fully saturated rings. The molecule has 0 spiro atoms. The van der Waals surface area contributed by atoms with Gasteiger partial charge in [-0.2, -0.15) is 0 Å². The molecule has 0 saturated heterocycles. The minimum atomic E-state index is -0.324. The fourth-order valence-corrected chi connectivity index (χ4v) is 2.26. The Hall–Kier alpha value is -1.06. The van der Waals surface area contributed by atoms with E-state index >= 15 is 0 Å². The first-order valence-electron chi connectivity index (χ1n) is 6.22.